The zero-order chi connectivity index (χ0) is 16.8. The predicted molar refractivity (Wildman–Crippen MR) is 90.8 cm³/mol. The van der Waals surface area contributed by atoms with Gasteiger partial charge in [0.15, 0.2) is 0 Å². The van der Waals surface area contributed by atoms with Gasteiger partial charge in [-0.1, -0.05) is 29.3 Å². The molecule has 1 aromatic rings. The first-order chi connectivity index (χ1) is 11.0. The largest absolute Gasteiger partial charge is 0.480 e. The fourth-order valence-electron chi connectivity index (χ4n) is 3.25. The summed E-state index contributed by atoms with van der Waals surface area (Å²) in [5, 5.41) is 9.66. The fraction of sp³-hybridized carbons (Fsp3) is 0.611. The maximum Gasteiger partial charge on any atom is 0.325 e. The van der Waals surface area contributed by atoms with E-state index in [1.54, 1.807) is 0 Å². The number of rotatable bonds is 7. The van der Waals surface area contributed by atoms with E-state index in [4.69, 9.17) is 4.74 Å². The minimum atomic E-state index is -0.788. The standard InChI is InChI=1S/C18H28N2O3/c1-14-11-15(2)13-16(12-14)17(18(21)22)19(3)5-4-6-20-7-9-23-10-8-20/h11-13,17H,4-10H2,1-3H3,(H,21,22)/t17-/m1/s1. The monoisotopic (exact) mass is 320 g/mol. The molecule has 1 atom stereocenters. The van der Waals surface area contributed by atoms with Crippen molar-refractivity contribution in [3.8, 4) is 0 Å². The van der Waals surface area contributed by atoms with E-state index >= 15 is 0 Å². The van der Waals surface area contributed by atoms with Crippen molar-refractivity contribution < 1.29 is 14.6 Å². The molecule has 0 amide bonds. The van der Waals surface area contributed by atoms with Crippen LogP contribution < -0.4 is 0 Å². The van der Waals surface area contributed by atoms with Gasteiger partial charge >= 0.3 is 5.97 Å². The van der Waals surface area contributed by atoms with Crippen molar-refractivity contribution in [3.63, 3.8) is 0 Å². The number of likely N-dealkylation sites (N-methyl/N-ethyl adjacent to an activating group) is 1. The van der Waals surface area contributed by atoms with Crippen molar-refractivity contribution in [2.24, 2.45) is 0 Å². The smallest absolute Gasteiger partial charge is 0.325 e. The summed E-state index contributed by atoms with van der Waals surface area (Å²) >= 11 is 0. The normalized spacial score (nSPS) is 17.4. The Hall–Kier alpha value is -1.43. The molecule has 0 aromatic heterocycles. The molecular formula is C18H28N2O3. The van der Waals surface area contributed by atoms with Crippen molar-refractivity contribution in [2.45, 2.75) is 26.3 Å². The van der Waals surface area contributed by atoms with Crippen LogP contribution in [0.3, 0.4) is 0 Å². The third kappa shape index (κ3) is 5.30. The van der Waals surface area contributed by atoms with E-state index < -0.39 is 12.0 Å². The van der Waals surface area contributed by atoms with Crippen molar-refractivity contribution in [1.82, 2.24) is 9.80 Å². The quantitative estimate of drug-likeness (QED) is 0.834. The molecule has 1 N–H and O–H groups in total. The maximum absolute atomic E-state index is 11.8. The lowest BCUT2D eigenvalue weighted by molar-refractivity contribution is -0.143. The molecule has 0 aliphatic carbocycles. The minimum Gasteiger partial charge on any atom is -0.480 e. The molecule has 1 aliphatic heterocycles. The lowest BCUT2D eigenvalue weighted by Crippen LogP contribution is -2.38. The van der Waals surface area contributed by atoms with Crippen LogP contribution in [0.1, 0.15) is 29.2 Å². The van der Waals surface area contributed by atoms with Gasteiger partial charge in [0.1, 0.15) is 6.04 Å². The van der Waals surface area contributed by atoms with Crippen LogP contribution in [0.15, 0.2) is 18.2 Å². The number of benzene rings is 1. The molecule has 0 spiro atoms. The first kappa shape index (κ1) is 17.9. The second-order valence-corrected chi connectivity index (χ2v) is 6.45. The summed E-state index contributed by atoms with van der Waals surface area (Å²) in [6.07, 6.45) is 0.963. The molecule has 2 rings (SSSR count). The number of carboxylic acids is 1. The van der Waals surface area contributed by atoms with Crippen LogP contribution in [0.4, 0.5) is 0 Å². The Morgan fingerprint density at radius 1 is 1.26 bits per heavy atom. The second-order valence-electron chi connectivity index (χ2n) is 6.45. The van der Waals surface area contributed by atoms with Gasteiger partial charge in [-0.05, 0) is 39.4 Å². The molecule has 128 valence electrons. The topological polar surface area (TPSA) is 53.0 Å². The molecule has 0 unspecified atom stereocenters. The fourth-order valence-corrected chi connectivity index (χ4v) is 3.25. The number of morpholine rings is 1. The molecule has 1 aromatic carbocycles. The molecule has 1 heterocycles. The molecule has 0 radical (unpaired) electrons. The average Bonchev–Trinajstić information content (AvgIpc) is 2.47. The summed E-state index contributed by atoms with van der Waals surface area (Å²) in [5.74, 6) is -0.788. The van der Waals surface area contributed by atoms with E-state index in [1.165, 1.54) is 0 Å². The molecule has 1 fully saturated rings. The Bertz CT molecular complexity index is 507. The molecule has 0 saturated carbocycles. The summed E-state index contributed by atoms with van der Waals surface area (Å²) in [6, 6.07) is 5.44. The van der Waals surface area contributed by atoms with E-state index in [1.807, 2.05) is 37.9 Å². The molecular weight excluding hydrogens is 292 g/mol. The maximum atomic E-state index is 11.8. The van der Waals surface area contributed by atoms with E-state index in [9.17, 15) is 9.90 Å². The molecule has 5 nitrogen and oxygen atoms in total. The van der Waals surface area contributed by atoms with Gasteiger partial charge in [-0.25, -0.2) is 0 Å². The number of carbonyl (C=O) groups is 1. The Balaban J connectivity index is 1.95. The van der Waals surface area contributed by atoms with Gasteiger partial charge in [-0.15, -0.1) is 0 Å². The highest BCUT2D eigenvalue weighted by Crippen LogP contribution is 2.22. The lowest BCUT2D eigenvalue weighted by Gasteiger charge is -2.29. The van der Waals surface area contributed by atoms with E-state index in [-0.39, 0.29) is 0 Å². The van der Waals surface area contributed by atoms with Gasteiger partial charge in [-0.3, -0.25) is 14.6 Å². The first-order valence-corrected chi connectivity index (χ1v) is 8.28. The zero-order valence-corrected chi connectivity index (χ0v) is 14.4. The van der Waals surface area contributed by atoms with E-state index in [0.717, 1.165) is 62.5 Å². The van der Waals surface area contributed by atoms with Gasteiger partial charge < -0.3 is 9.84 Å². The summed E-state index contributed by atoms with van der Waals surface area (Å²) in [5.41, 5.74) is 3.07. The van der Waals surface area contributed by atoms with Crippen LogP contribution in [-0.2, 0) is 9.53 Å². The van der Waals surface area contributed by atoms with Crippen LogP contribution in [-0.4, -0.2) is 67.3 Å². The zero-order valence-electron chi connectivity index (χ0n) is 14.4. The number of aliphatic carboxylic acids is 1. The van der Waals surface area contributed by atoms with Gasteiger partial charge in [0.05, 0.1) is 13.2 Å². The molecule has 1 saturated heterocycles. The summed E-state index contributed by atoms with van der Waals surface area (Å²) in [4.78, 5) is 16.1. The van der Waals surface area contributed by atoms with Gasteiger partial charge in [-0.2, -0.15) is 0 Å². The number of nitrogens with zero attached hydrogens (tertiary/aromatic N) is 2. The highest BCUT2D eigenvalue weighted by Gasteiger charge is 2.25. The van der Waals surface area contributed by atoms with Gasteiger partial charge in [0.2, 0.25) is 0 Å². The van der Waals surface area contributed by atoms with Gasteiger partial charge in [0, 0.05) is 19.6 Å². The third-order valence-electron chi connectivity index (χ3n) is 4.32. The van der Waals surface area contributed by atoms with Crippen molar-refractivity contribution in [1.29, 1.82) is 0 Å². The number of ether oxygens (including phenoxy) is 1. The van der Waals surface area contributed by atoms with Crippen LogP contribution in [0, 0.1) is 13.8 Å². The molecule has 23 heavy (non-hydrogen) atoms. The molecule has 1 aliphatic rings. The second kappa shape index (κ2) is 8.43. The highest BCUT2D eigenvalue weighted by molar-refractivity contribution is 5.75. The Kier molecular flexibility index (Phi) is 6.57. The predicted octanol–water partition coefficient (Wildman–Crippen LogP) is 2.08. The average molecular weight is 320 g/mol. The van der Waals surface area contributed by atoms with Crippen LogP contribution in [0.5, 0.6) is 0 Å². The van der Waals surface area contributed by atoms with Crippen molar-refractivity contribution >= 4 is 5.97 Å². The summed E-state index contributed by atoms with van der Waals surface area (Å²) in [6.45, 7) is 9.33. The van der Waals surface area contributed by atoms with Gasteiger partial charge in [0.25, 0.3) is 0 Å². The SMILES string of the molecule is Cc1cc(C)cc([C@H](C(=O)O)N(C)CCCN2CCOCC2)c1. The summed E-state index contributed by atoms with van der Waals surface area (Å²) in [7, 11) is 1.90. The molecule has 0 bridgehead atoms. The number of hydrogen-bond acceptors (Lipinski definition) is 4. The van der Waals surface area contributed by atoms with E-state index in [0.29, 0.717) is 0 Å². The highest BCUT2D eigenvalue weighted by atomic mass is 16.5. The summed E-state index contributed by atoms with van der Waals surface area (Å²) < 4.78 is 5.35. The number of hydrogen-bond donors (Lipinski definition) is 1. The van der Waals surface area contributed by atoms with Crippen molar-refractivity contribution in [2.75, 3.05) is 46.4 Å². The Morgan fingerprint density at radius 3 is 2.43 bits per heavy atom. The minimum absolute atomic E-state index is 0.585. The number of aryl methyl sites for hydroxylation is 2. The third-order valence-corrected chi connectivity index (χ3v) is 4.32. The molecule has 5 heteroatoms. The van der Waals surface area contributed by atoms with Crippen LogP contribution in [0.25, 0.3) is 0 Å². The first-order valence-electron chi connectivity index (χ1n) is 8.28. The van der Waals surface area contributed by atoms with Crippen LogP contribution in [0.2, 0.25) is 0 Å². The van der Waals surface area contributed by atoms with Crippen LogP contribution >= 0.6 is 0 Å². The Morgan fingerprint density at radius 2 is 1.87 bits per heavy atom. The van der Waals surface area contributed by atoms with E-state index in [2.05, 4.69) is 11.0 Å². The van der Waals surface area contributed by atoms with Crippen molar-refractivity contribution in [3.05, 3.63) is 34.9 Å². The Labute approximate surface area is 138 Å². The lowest BCUT2D eigenvalue weighted by atomic mass is 10.0. The number of carboxylic acid groups (broad SMARTS) is 1.